The van der Waals surface area contributed by atoms with Crippen molar-refractivity contribution in [3.05, 3.63) is 53.1 Å². The Morgan fingerprint density at radius 1 is 1.04 bits per heavy atom. The smallest absolute Gasteiger partial charge is 0.224 e. The van der Waals surface area contributed by atoms with Crippen LogP contribution in [0.4, 0.5) is 5.69 Å². The maximum atomic E-state index is 12.4. The van der Waals surface area contributed by atoms with Gasteiger partial charge in [0.1, 0.15) is 11.5 Å². The summed E-state index contributed by atoms with van der Waals surface area (Å²) in [5, 5.41) is 3.10. The number of nitrogens with one attached hydrogen (secondary N) is 1. The molecule has 0 heterocycles. The van der Waals surface area contributed by atoms with E-state index < -0.39 is 0 Å². The quantitative estimate of drug-likeness (QED) is 0.860. The van der Waals surface area contributed by atoms with Crippen LogP contribution in [0.25, 0.3) is 0 Å². The fourth-order valence-electron chi connectivity index (χ4n) is 3.38. The Kier molecular flexibility index (Phi) is 5.59. The number of hydrogen-bond acceptors (Lipinski definition) is 3. The predicted octanol–water partition coefficient (Wildman–Crippen LogP) is 4.15. The van der Waals surface area contributed by atoms with Gasteiger partial charge in [0.2, 0.25) is 5.91 Å². The van der Waals surface area contributed by atoms with Crippen LogP contribution in [0.2, 0.25) is 0 Å². The third-order valence-electron chi connectivity index (χ3n) is 4.72. The average Bonchev–Trinajstić information content (AvgIpc) is 2.66. The van der Waals surface area contributed by atoms with Gasteiger partial charge in [0, 0.05) is 18.2 Å². The SMILES string of the molecule is COc1cc(CCC(=O)Nc2cccc3c2CCCC3)cc(OC)c1. The van der Waals surface area contributed by atoms with Gasteiger partial charge in [-0.1, -0.05) is 12.1 Å². The molecule has 0 aliphatic heterocycles. The average molecular weight is 339 g/mol. The molecule has 0 unspecified atom stereocenters. The molecule has 3 rings (SSSR count). The van der Waals surface area contributed by atoms with Gasteiger partial charge >= 0.3 is 0 Å². The van der Waals surface area contributed by atoms with Crippen molar-refractivity contribution < 1.29 is 14.3 Å². The highest BCUT2D eigenvalue weighted by Crippen LogP contribution is 2.28. The first kappa shape index (κ1) is 17.3. The van der Waals surface area contributed by atoms with Crippen molar-refractivity contribution in [2.75, 3.05) is 19.5 Å². The third-order valence-corrected chi connectivity index (χ3v) is 4.72. The minimum Gasteiger partial charge on any atom is -0.497 e. The molecule has 1 amide bonds. The lowest BCUT2D eigenvalue weighted by Crippen LogP contribution is -2.15. The Labute approximate surface area is 149 Å². The monoisotopic (exact) mass is 339 g/mol. The number of fused-ring (bicyclic) bond motifs is 1. The molecule has 25 heavy (non-hydrogen) atoms. The molecule has 0 spiro atoms. The normalized spacial score (nSPS) is 13.0. The van der Waals surface area contributed by atoms with E-state index in [1.165, 1.54) is 24.0 Å². The van der Waals surface area contributed by atoms with Crippen LogP contribution in [0.1, 0.15) is 36.0 Å². The largest absolute Gasteiger partial charge is 0.497 e. The minimum absolute atomic E-state index is 0.0424. The van der Waals surface area contributed by atoms with Gasteiger partial charge < -0.3 is 14.8 Å². The Bertz CT molecular complexity index is 733. The summed E-state index contributed by atoms with van der Waals surface area (Å²) in [5.74, 6) is 1.53. The summed E-state index contributed by atoms with van der Waals surface area (Å²) >= 11 is 0. The summed E-state index contributed by atoms with van der Waals surface area (Å²) in [4.78, 5) is 12.4. The molecule has 2 aromatic rings. The predicted molar refractivity (Wildman–Crippen MR) is 99.6 cm³/mol. The van der Waals surface area contributed by atoms with Crippen molar-refractivity contribution in [1.82, 2.24) is 0 Å². The van der Waals surface area contributed by atoms with Crippen molar-refractivity contribution in [3.8, 4) is 11.5 Å². The van der Waals surface area contributed by atoms with Crippen molar-refractivity contribution in [3.63, 3.8) is 0 Å². The van der Waals surface area contributed by atoms with Gasteiger partial charge in [0.15, 0.2) is 0 Å². The third kappa shape index (κ3) is 4.32. The van der Waals surface area contributed by atoms with Crippen molar-refractivity contribution >= 4 is 11.6 Å². The maximum absolute atomic E-state index is 12.4. The van der Waals surface area contributed by atoms with E-state index in [1.54, 1.807) is 14.2 Å². The second-order valence-corrected chi connectivity index (χ2v) is 6.42. The van der Waals surface area contributed by atoms with Gasteiger partial charge in [0.05, 0.1) is 14.2 Å². The molecule has 0 bridgehead atoms. The zero-order chi connectivity index (χ0) is 17.6. The van der Waals surface area contributed by atoms with Crippen LogP contribution in [0.5, 0.6) is 11.5 Å². The molecule has 0 saturated carbocycles. The molecule has 2 aromatic carbocycles. The number of carbonyl (C=O) groups excluding carboxylic acids is 1. The number of anilines is 1. The van der Waals surface area contributed by atoms with E-state index in [-0.39, 0.29) is 5.91 Å². The lowest BCUT2D eigenvalue weighted by molar-refractivity contribution is -0.116. The van der Waals surface area contributed by atoms with Crippen LogP contribution in [-0.2, 0) is 24.1 Å². The maximum Gasteiger partial charge on any atom is 0.224 e. The summed E-state index contributed by atoms with van der Waals surface area (Å²) in [7, 11) is 3.26. The summed E-state index contributed by atoms with van der Waals surface area (Å²) in [6, 6.07) is 11.9. The molecular formula is C21H25NO3. The molecule has 0 radical (unpaired) electrons. The van der Waals surface area contributed by atoms with Crippen LogP contribution in [0, 0.1) is 0 Å². The molecule has 0 fully saturated rings. The van der Waals surface area contributed by atoms with E-state index in [2.05, 4.69) is 11.4 Å². The number of carbonyl (C=O) groups is 1. The number of amides is 1. The summed E-state index contributed by atoms with van der Waals surface area (Å²) < 4.78 is 10.6. The zero-order valence-electron chi connectivity index (χ0n) is 14.9. The van der Waals surface area contributed by atoms with E-state index in [9.17, 15) is 4.79 Å². The highest BCUT2D eigenvalue weighted by atomic mass is 16.5. The number of methoxy groups -OCH3 is 2. The van der Waals surface area contributed by atoms with Gasteiger partial charge in [-0.05, 0) is 67.0 Å². The first-order valence-corrected chi connectivity index (χ1v) is 8.82. The molecule has 1 N–H and O–H groups in total. The zero-order valence-corrected chi connectivity index (χ0v) is 14.9. The van der Waals surface area contributed by atoms with Crippen LogP contribution in [0.15, 0.2) is 36.4 Å². The van der Waals surface area contributed by atoms with E-state index in [0.717, 1.165) is 35.6 Å². The molecule has 1 aliphatic rings. The van der Waals surface area contributed by atoms with Crippen LogP contribution in [0.3, 0.4) is 0 Å². The van der Waals surface area contributed by atoms with Crippen molar-refractivity contribution in [2.24, 2.45) is 0 Å². The molecule has 0 saturated heterocycles. The van der Waals surface area contributed by atoms with E-state index in [4.69, 9.17) is 9.47 Å². The fourth-order valence-corrected chi connectivity index (χ4v) is 3.38. The Balaban J connectivity index is 1.64. The molecule has 1 aliphatic carbocycles. The number of ether oxygens (including phenoxy) is 2. The Morgan fingerprint density at radius 2 is 1.76 bits per heavy atom. The van der Waals surface area contributed by atoms with E-state index >= 15 is 0 Å². The molecule has 4 nitrogen and oxygen atoms in total. The molecule has 0 atom stereocenters. The summed E-state index contributed by atoms with van der Waals surface area (Å²) in [6.07, 6.45) is 5.68. The summed E-state index contributed by atoms with van der Waals surface area (Å²) in [6.45, 7) is 0. The molecule has 4 heteroatoms. The van der Waals surface area contributed by atoms with Gasteiger partial charge in [-0.3, -0.25) is 4.79 Å². The highest BCUT2D eigenvalue weighted by molar-refractivity contribution is 5.91. The van der Waals surface area contributed by atoms with E-state index in [0.29, 0.717) is 12.8 Å². The Morgan fingerprint density at radius 3 is 2.48 bits per heavy atom. The molecule has 132 valence electrons. The number of aryl methyl sites for hydroxylation is 2. The molecule has 0 aromatic heterocycles. The van der Waals surface area contributed by atoms with Crippen molar-refractivity contribution in [2.45, 2.75) is 38.5 Å². The topological polar surface area (TPSA) is 47.6 Å². The number of rotatable bonds is 6. The standard InChI is InChI=1S/C21H25NO3/c1-24-17-12-15(13-18(14-17)25-2)10-11-21(23)22-20-9-5-7-16-6-3-4-8-19(16)20/h5,7,9,12-14H,3-4,6,8,10-11H2,1-2H3,(H,22,23). The minimum atomic E-state index is 0.0424. The van der Waals surface area contributed by atoms with E-state index in [1.807, 2.05) is 30.3 Å². The van der Waals surface area contributed by atoms with Crippen LogP contribution >= 0.6 is 0 Å². The highest BCUT2D eigenvalue weighted by Gasteiger charge is 2.14. The number of benzene rings is 2. The van der Waals surface area contributed by atoms with Crippen LogP contribution < -0.4 is 14.8 Å². The van der Waals surface area contributed by atoms with Gasteiger partial charge in [-0.15, -0.1) is 0 Å². The first-order valence-electron chi connectivity index (χ1n) is 8.82. The van der Waals surface area contributed by atoms with Crippen molar-refractivity contribution in [1.29, 1.82) is 0 Å². The molecular weight excluding hydrogens is 314 g/mol. The van der Waals surface area contributed by atoms with Crippen LogP contribution in [-0.4, -0.2) is 20.1 Å². The second kappa shape index (κ2) is 8.06. The summed E-state index contributed by atoms with van der Waals surface area (Å²) in [5.41, 5.74) is 4.69. The van der Waals surface area contributed by atoms with Gasteiger partial charge in [-0.25, -0.2) is 0 Å². The van der Waals surface area contributed by atoms with Gasteiger partial charge in [0.25, 0.3) is 0 Å². The number of hydrogen-bond donors (Lipinski definition) is 1. The van der Waals surface area contributed by atoms with Gasteiger partial charge in [-0.2, -0.15) is 0 Å². The fraction of sp³-hybridized carbons (Fsp3) is 0.381. The second-order valence-electron chi connectivity index (χ2n) is 6.42. The first-order chi connectivity index (χ1) is 12.2. The Hall–Kier alpha value is -2.49. The lowest BCUT2D eigenvalue weighted by atomic mass is 9.90. The lowest BCUT2D eigenvalue weighted by Gasteiger charge is -2.19.